The highest BCUT2D eigenvalue weighted by Gasteiger charge is 2.11. The summed E-state index contributed by atoms with van der Waals surface area (Å²) in [5.41, 5.74) is 1.29. The minimum absolute atomic E-state index is 0.127. The van der Waals surface area contributed by atoms with Gasteiger partial charge >= 0.3 is 5.97 Å². The minimum Gasteiger partial charge on any atom is -0.457 e. The Labute approximate surface area is 121 Å². The summed E-state index contributed by atoms with van der Waals surface area (Å²) in [6.45, 7) is 0.127. The van der Waals surface area contributed by atoms with Crippen molar-refractivity contribution in [1.82, 2.24) is 0 Å². The van der Waals surface area contributed by atoms with Gasteiger partial charge in [0.05, 0.1) is 5.56 Å². The number of rotatable bonds is 3. The van der Waals surface area contributed by atoms with Gasteiger partial charge in [-0.25, -0.2) is 9.18 Å². The number of hydrogen-bond acceptors (Lipinski definition) is 2. The van der Waals surface area contributed by atoms with E-state index in [0.29, 0.717) is 5.56 Å². The lowest BCUT2D eigenvalue weighted by atomic mass is 10.0. The molecule has 2 nitrogen and oxygen atoms in total. The van der Waals surface area contributed by atoms with Crippen molar-refractivity contribution in [3.8, 4) is 0 Å². The molecular formula is C18H13FO2. The molecule has 104 valence electrons. The van der Waals surface area contributed by atoms with Gasteiger partial charge in [0, 0.05) is 0 Å². The Morgan fingerprint density at radius 1 is 0.905 bits per heavy atom. The van der Waals surface area contributed by atoms with Crippen LogP contribution in [-0.2, 0) is 11.3 Å². The standard InChI is InChI=1S/C18H13FO2/c19-15-10-8-13(9-11-15)12-21-18(20)17-7-3-5-14-4-1-2-6-16(14)17/h1-11H,12H2. The Kier molecular flexibility index (Phi) is 3.65. The second-order valence-electron chi connectivity index (χ2n) is 4.73. The molecule has 0 spiro atoms. The molecule has 0 aliphatic heterocycles. The Hall–Kier alpha value is -2.68. The number of fused-ring (bicyclic) bond motifs is 1. The molecule has 3 rings (SSSR count). The number of hydrogen-bond donors (Lipinski definition) is 0. The van der Waals surface area contributed by atoms with Crippen LogP contribution in [0.2, 0.25) is 0 Å². The maximum atomic E-state index is 12.8. The van der Waals surface area contributed by atoms with Gasteiger partial charge in [-0.15, -0.1) is 0 Å². The number of halogens is 1. The van der Waals surface area contributed by atoms with E-state index in [-0.39, 0.29) is 18.4 Å². The molecule has 0 unspecified atom stereocenters. The third kappa shape index (κ3) is 2.92. The zero-order valence-corrected chi connectivity index (χ0v) is 11.3. The summed E-state index contributed by atoms with van der Waals surface area (Å²) in [5.74, 6) is -0.685. The summed E-state index contributed by atoms with van der Waals surface area (Å²) < 4.78 is 18.1. The molecule has 21 heavy (non-hydrogen) atoms. The van der Waals surface area contributed by atoms with E-state index in [1.54, 1.807) is 18.2 Å². The second kappa shape index (κ2) is 5.75. The molecule has 3 heteroatoms. The van der Waals surface area contributed by atoms with E-state index < -0.39 is 0 Å². The zero-order chi connectivity index (χ0) is 14.7. The summed E-state index contributed by atoms with van der Waals surface area (Å²) in [5, 5.41) is 1.86. The van der Waals surface area contributed by atoms with Crippen LogP contribution >= 0.6 is 0 Å². The first-order valence-corrected chi connectivity index (χ1v) is 6.63. The predicted octanol–water partition coefficient (Wildman–Crippen LogP) is 4.34. The van der Waals surface area contributed by atoms with Crippen molar-refractivity contribution in [2.75, 3.05) is 0 Å². The van der Waals surface area contributed by atoms with Gasteiger partial charge in [-0.2, -0.15) is 0 Å². The molecular weight excluding hydrogens is 267 g/mol. The largest absolute Gasteiger partial charge is 0.457 e. The first-order valence-electron chi connectivity index (χ1n) is 6.63. The van der Waals surface area contributed by atoms with E-state index in [0.717, 1.165) is 16.3 Å². The molecule has 0 amide bonds. The molecule has 0 N–H and O–H groups in total. The van der Waals surface area contributed by atoms with Crippen LogP contribution in [0.4, 0.5) is 4.39 Å². The highest BCUT2D eigenvalue weighted by molar-refractivity contribution is 6.04. The topological polar surface area (TPSA) is 26.3 Å². The van der Waals surface area contributed by atoms with E-state index in [1.807, 2.05) is 36.4 Å². The van der Waals surface area contributed by atoms with Crippen molar-refractivity contribution < 1.29 is 13.9 Å². The minimum atomic E-state index is -0.379. The van der Waals surface area contributed by atoms with Crippen LogP contribution in [0, 0.1) is 5.82 Å². The van der Waals surface area contributed by atoms with Gasteiger partial charge in [-0.1, -0.05) is 48.5 Å². The number of ether oxygens (including phenoxy) is 1. The monoisotopic (exact) mass is 280 g/mol. The normalized spacial score (nSPS) is 10.5. The lowest BCUT2D eigenvalue weighted by Crippen LogP contribution is -2.05. The SMILES string of the molecule is O=C(OCc1ccc(F)cc1)c1cccc2ccccc12. The molecule has 0 saturated carbocycles. The summed E-state index contributed by atoms with van der Waals surface area (Å²) in [4.78, 5) is 12.2. The Bertz CT molecular complexity index is 773. The van der Waals surface area contributed by atoms with Crippen molar-refractivity contribution in [3.05, 3.63) is 83.7 Å². The third-order valence-corrected chi connectivity index (χ3v) is 3.29. The van der Waals surface area contributed by atoms with Crippen LogP contribution in [-0.4, -0.2) is 5.97 Å². The fourth-order valence-corrected chi connectivity index (χ4v) is 2.21. The Balaban J connectivity index is 1.79. The van der Waals surface area contributed by atoms with Crippen molar-refractivity contribution in [2.24, 2.45) is 0 Å². The average Bonchev–Trinajstić information content (AvgIpc) is 2.53. The van der Waals surface area contributed by atoms with Gasteiger partial charge in [0.15, 0.2) is 0 Å². The fraction of sp³-hybridized carbons (Fsp3) is 0.0556. The second-order valence-corrected chi connectivity index (χ2v) is 4.73. The average molecular weight is 280 g/mol. The number of carbonyl (C=O) groups excluding carboxylic acids is 1. The van der Waals surface area contributed by atoms with Crippen molar-refractivity contribution in [3.63, 3.8) is 0 Å². The van der Waals surface area contributed by atoms with E-state index in [1.165, 1.54) is 12.1 Å². The first-order chi connectivity index (χ1) is 10.2. The van der Waals surface area contributed by atoms with Gasteiger partial charge in [0.25, 0.3) is 0 Å². The van der Waals surface area contributed by atoms with Gasteiger partial charge in [0.1, 0.15) is 12.4 Å². The molecule has 3 aromatic rings. The van der Waals surface area contributed by atoms with Gasteiger partial charge in [0.2, 0.25) is 0 Å². The smallest absolute Gasteiger partial charge is 0.339 e. The first kappa shape index (κ1) is 13.3. The molecule has 3 aromatic carbocycles. The molecule has 0 fully saturated rings. The van der Waals surface area contributed by atoms with Crippen LogP contribution in [0.1, 0.15) is 15.9 Å². The van der Waals surface area contributed by atoms with Crippen LogP contribution in [0.3, 0.4) is 0 Å². The van der Waals surface area contributed by atoms with Crippen LogP contribution in [0.25, 0.3) is 10.8 Å². The summed E-state index contributed by atoms with van der Waals surface area (Å²) in [6, 6.07) is 19.1. The Morgan fingerprint density at radius 3 is 2.43 bits per heavy atom. The van der Waals surface area contributed by atoms with Crippen molar-refractivity contribution >= 4 is 16.7 Å². The van der Waals surface area contributed by atoms with Crippen LogP contribution in [0.5, 0.6) is 0 Å². The van der Waals surface area contributed by atoms with Crippen LogP contribution < -0.4 is 0 Å². The number of esters is 1. The van der Waals surface area contributed by atoms with Gasteiger partial charge < -0.3 is 4.74 Å². The molecule has 0 atom stereocenters. The van der Waals surface area contributed by atoms with E-state index in [4.69, 9.17) is 4.74 Å². The summed E-state index contributed by atoms with van der Waals surface area (Å²) in [6.07, 6.45) is 0. The number of carbonyl (C=O) groups is 1. The molecule has 0 aliphatic carbocycles. The highest BCUT2D eigenvalue weighted by Crippen LogP contribution is 2.19. The number of benzene rings is 3. The van der Waals surface area contributed by atoms with Crippen molar-refractivity contribution in [2.45, 2.75) is 6.61 Å². The summed E-state index contributed by atoms with van der Waals surface area (Å²) >= 11 is 0. The maximum absolute atomic E-state index is 12.8. The van der Waals surface area contributed by atoms with E-state index in [2.05, 4.69) is 0 Å². The van der Waals surface area contributed by atoms with E-state index in [9.17, 15) is 9.18 Å². The van der Waals surface area contributed by atoms with Gasteiger partial charge in [-0.3, -0.25) is 0 Å². The molecule has 0 radical (unpaired) electrons. The fourth-order valence-electron chi connectivity index (χ4n) is 2.21. The van der Waals surface area contributed by atoms with Crippen LogP contribution in [0.15, 0.2) is 66.7 Å². The lowest BCUT2D eigenvalue weighted by Gasteiger charge is -2.07. The maximum Gasteiger partial charge on any atom is 0.339 e. The van der Waals surface area contributed by atoms with Crippen molar-refractivity contribution in [1.29, 1.82) is 0 Å². The quantitative estimate of drug-likeness (QED) is 0.667. The predicted molar refractivity (Wildman–Crippen MR) is 79.5 cm³/mol. The molecule has 0 aromatic heterocycles. The van der Waals surface area contributed by atoms with E-state index >= 15 is 0 Å². The van der Waals surface area contributed by atoms with Gasteiger partial charge in [-0.05, 0) is 34.5 Å². The summed E-state index contributed by atoms with van der Waals surface area (Å²) in [7, 11) is 0. The molecule has 0 saturated heterocycles. The lowest BCUT2D eigenvalue weighted by molar-refractivity contribution is 0.0475. The zero-order valence-electron chi connectivity index (χ0n) is 11.3. The highest BCUT2D eigenvalue weighted by atomic mass is 19.1. The molecule has 0 bridgehead atoms. The Morgan fingerprint density at radius 2 is 1.62 bits per heavy atom. The molecule has 0 heterocycles. The third-order valence-electron chi connectivity index (χ3n) is 3.29. The molecule has 0 aliphatic rings.